The quantitative estimate of drug-likeness (QED) is 0.0469. The van der Waals surface area contributed by atoms with E-state index in [-0.39, 0.29) is 54.3 Å². The van der Waals surface area contributed by atoms with Gasteiger partial charge < -0.3 is 85.2 Å². The van der Waals surface area contributed by atoms with E-state index in [0.717, 1.165) is 134 Å². The largest absolute Gasteiger partial charge is 0.497 e. The van der Waals surface area contributed by atoms with E-state index < -0.39 is 0 Å². The zero-order valence-corrected chi connectivity index (χ0v) is 80.6. The minimum absolute atomic E-state index is 0.0323. The number of carbonyl (C=O) groups is 3. The van der Waals surface area contributed by atoms with Crippen molar-refractivity contribution in [1.82, 2.24) is 55.6 Å². The van der Waals surface area contributed by atoms with E-state index in [9.17, 15) is 14.4 Å². The summed E-state index contributed by atoms with van der Waals surface area (Å²) >= 11 is 3.58. The van der Waals surface area contributed by atoms with Crippen LogP contribution in [0.25, 0.3) is 54.5 Å². The zero-order valence-electron chi connectivity index (χ0n) is 79.0. The van der Waals surface area contributed by atoms with Gasteiger partial charge in [-0.2, -0.15) is 0 Å². The van der Waals surface area contributed by atoms with Crippen molar-refractivity contribution >= 4 is 99.9 Å². The number of amides is 6. The highest BCUT2D eigenvalue weighted by molar-refractivity contribution is 9.10. The lowest BCUT2D eigenvalue weighted by atomic mass is 9.92. The molecule has 0 saturated carbocycles. The predicted molar refractivity (Wildman–Crippen MR) is 559 cm³/mol. The van der Waals surface area contributed by atoms with Crippen LogP contribution < -0.4 is 45.5 Å². The lowest BCUT2D eigenvalue weighted by molar-refractivity contribution is 0.177. The summed E-state index contributed by atoms with van der Waals surface area (Å²) in [5.41, 5.74) is 29.5. The number of rotatable bonds is 15. The first-order valence-electron chi connectivity index (χ1n) is 47.8. The molecule has 13 aromatic carbocycles. The van der Waals surface area contributed by atoms with Crippen molar-refractivity contribution in [1.29, 1.82) is 0 Å². The van der Waals surface area contributed by atoms with Crippen molar-refractivity contribution in [3.63, 3.8) is 0 Å². The third-order valence-electron chi connectivity index (χ3n) is 27.1. The number of H-pyrrole nitrogens is 5. The zero-order chi connectivity index (χ0) is 94.9. The van der Waals surface area contributed by atoms with Crippen LogP contribution in [0.2, 0.25) is 0 Å². The van der Waals surface area contributed by atoms with Crippen molar-refractivity contribution in [3.8, 4) is 23.0 Å². The standard InChI is InChI=1S/C28H29N3O2.C25H23N3O2.C24H22N2O.C22H25N3O2.C18H17BrN2/c1-18(2)19-8-12-21(13-9-19)29-28(32)31-17-16-24-23-6-4-5-7-25(23)30-26(24)27(31)20-10-14-22(33-3)15-11-20;1-30-19-13-11-17(12-14-19)24-23-21(20-9-5-6-10-22(20)27-23)15-16-28(24)25(29)26-18-7-3-2-4-8-18;1-3-7-17(8-4-1)16-27-19-11-12-22-21(15-19)20-13-14-25-23(24(20)26-22)18-9-5-2-6-10-18;1-14(2)23-22(26)25-13-12-18-17-6-4-5-7-19(17)24-20(18)21(25)15-8-10-16(27-3)11-9-15;1-11-4-2-7-14-15-8-9-20-17(18(15)21-16(11)14)12-5-3-6-13(19)10-12/h4-15,18,27,30H,16-17H2,1-3H3,(H,29,32);2-14,24,27H,15-16H2,1H3,(H,26,29);1-12,15,23,25-26H,13-14,16H2;4-11,14,21,24H,12-13H2,1-3H3,(H,23,26);2-7,10,17,20-21H,8-9H2,1H3. The Kier molecular flexibility index (Phi) is 27.8. The molecule has 10 N–H and O–H groups in total. The van der Waals surface area contributed by atoms with Gasteiger partial charge in [0.1, 0.15) is 29.6 Å². The summed E-state index contributed by atoms with van der Waals surface area (Å²) in [5, 5.41) is 22.9. The van der Waals surface area contributed by atoms with Crippen LogP contribution in [0.1, 0.15) is 165 Å². The number of benzene rings is 13. The van der Waals surface area contributed by atoms with Gasteiger partial charge >= 0.3 is 18.1 Å². The monoisotopic (exact) mass is 1890 g/mol. The number of fused-ring (bicyclic) bond motifs is 15. The molecule has 10 heterocycles. The lowest BCUT2D eigenvalue weighted by Crippen LogP contribution is -2.47. The van der Waals surface area contributed by atoms with Gasteiger partial charge in [0, 0.05) is 138 Å². The molecule has 0 saturated heterocycles. The number of carbonyl (C=O) groups excluding carboxylic acids is 3. The second-order valence-electron chi connectivity index (χ2n) is 36.4. The van der Waals surface area contributed by atoms with Gasteiger partial charge in [0.25, 0.3) is 0 Å². The van der Waals surface area contributed by atoms with Crippen LogP contribution in [0.4, 0.5) is 25.8 Å². The average molecular weight is 1900 g/mol. The molecule has 0 spiro atoms. The smallest absolute Gasteiger partial charge is 0.322 e. The Morgan fingerprint density at radius 2 is 0.754 bits per heavy atom. The van der Waals surface area contributed by atoms with E-state index >= 15 is 0 Å². The summed E-state index contributed by atoms with van der Waals surface area (Å²) in [6.45, 7) is 15.0. The van der Waals surface area contributed by atoms with Crippen LogP contribution in [0, 0.1) is 6.92 Å². The predicted octanol–water partition coefficient (Wildman–Crippen LogP) is 25.5. The first-order valence-corrected chi connectivity index (χ1v) is 48.6. The summed E-state index contributed by atoms with van der Waals surface area (Å²) < 4.78 is 23.1. The van der Waals surface area contributed by atoms with Gasteiger partial charge in [-0.1, -0.05) is 242 Å². The Labute approximate surface area is 813 Å². The first kappa shape index (κ1) is 92.1. The Bertz CT molecular complexity index is 7300. The van der Waals surface area contributed by atoms with Crippen LogP contribution >= 0.6 is 15.9 Å². The molecule has 5 aromatic heterocycles. The molecular weight excluding hydrogens is 1780 g/mol. The molecule has 5 aliphatic rings. The van der Waals surface area contributed by atoms with Gasteiger partial charge in [0.2, 0.25) is 0 Å². The fraction of sp³-hybridized carbons (Fsp3) is 0.222. The van der Waals surface area contributed by atoms with E-state index in [4.69, 9.17) is 18.9 Å². The molecule has 21 heteroatoms. The van der Waals surface area contributed by atoms with E-state index in [2.05, 4.69) is 258 Å². The summed E-state index contributed by atoms with van der Waals surface area (Å²) in [6, 6.07) is 109. The van der Waals surface area contributed by atoms with E-state index in [1.807, 2.05) is 180 Å². The van der Waals surface area contributed by atoms with Gasteiger partial charge in [-0.3, -0.25) is 0 Å². The highest BCUT2D eigenvalue weighted by Crippen LogP contribution is 2.45. The molecule has 698 valence electrons. The highest BCUT2D eigenvalue weighted by atomic mass is 79.9. The third kappa shape index (κ3) is 19.7. The number of nitrogens with one attached hydrogen (secondary N) is 10. The van der Waals surface area contributed by atoms with Crippen molar-refractivity contribution in [3.05, 3.63) is 427 Å². The maximum atomic E-state index is 13.5. The second-order valence-corrected chi connectivity index (χ2v) is 37.3. The summed E-state index contributed by atoms with van der Waals surface area (Å²) in [5.74, 6) is 3.78. The van der Waals surface area contributed by atoms with E-state index in [0.29, 0.717) is 32.2 Å². The van der Waals surface area contributed by atoms with Crippen molar-refractivity contribution in [2.75, 3.05) is 64.7 Å². The average Bonchev–Trinajstić information content (AvgIpc) is 1.60. The van der Waals surface area contributed by atoms with Crippen LogP contribution in [-0.4, -0.2) is 118 Å². The third-order valence-corrected chi connectivity index (χ3v) is 27.6. The number of aryl methyl sites for hydroxylation is 1. The SMILES string of the molecule is COc1ccc(C2c3[nH]c4ccccc4c3CCN2C(=O)NC(C)C)cc1.COc1ccc(C2c3[nH]c4ccccc4c3CCN2C(=O)Nc2ccc(C(C)C)cc2)cc1.COc1ccc(C2c3[nH]c4ccccc4c3CCN2C(=O)Nc2ccccc2)cc1.Cc1cccc2c3c([nH]c12)C(c1cccc(Br)c1)NCC3.c1ccc(COc2ccc3[nH]c4c(c3c2)CCNC4c2ccccc2)cc1. The molecule has 23 rings (SSSR count). The number of hydrogen-bond donors (Lipinski definition) is 10. The van der Waals surface area contributed by atoms with Crippen molar-refractivity contribution in [2.24, 2.45) is 0 Å². The number of ether oxygens (including phenoxy) is 4. The molecule has 20 nitrogen and oxygen atoms in total. The number of aromatic amines is 5. The Morgan fingerprint density at radius 1 is 0.362 bits per heavy atom. The molecule has 5 aliphatic heterocycles. The molecule has 0 aliphatic carbocycles. The molecule has 0 bridgehead atoms. The highest BCUT2D eigenvalue weighted by Gasteiger charge is 2.39. The van der Waals surface area contributed by atoms with Crippen LogP contribution in [0.3, 0.4) is 0 Å². The number of anilines is 2. The molecule has 5 atom stereocenters. The maximum Gasteiger partial charge on any atom is 0.322 e. The Morgan fingerprint density at radius 3 is 1.23 bits per heavy atom. The van der Waals surface area contributed by atoms with Gasteiger partial charge in [-0.15, -0.1) is 0 Å². The summed E-state index contributed by atoms with van der Waals surface area (Å²) in [4.78, 5) is 63.6. The second kappa shape index (κ2) is 41.7. The van der Waals surface area contributed by atoms with E-state index in [1.54, 1.807) is 21.3 Å². The molecule has 0 radical (unpaired) electrons. The molecule has 0 fully saturated rings. The lowest BCUT2D eigenvalue weighted by Gasteiger charge is -2.36. The fourth-order valence-corrected chi connectivity index (χ4v) is 20.7. The minimum Gasteiger partial charge on any atom is -0.497 e. The van der Waals surface area contributed by atoms with Gasteiger partial charge in [-0.05, 0) is 240 Å². The van der Waals surface area contributed by atoms with Crippen LogP contribution in [0.15, 0.2) is 326 Å². The fourth-order valence-electron chi connectivity index (χ4n) is 20.3. The number of para-hydroxylation sites is 5. The topological polar surface area (TPSA) is 237 Å². The Balaban J connectivity index is 0.000000111. The van der Waals surface area contributed by atoms with E-state index in [1.165, 1.54) is 105 Å². The van der Waals surface area contributed by atoms with Crippen molar-refractivity contribution < 1.29 is 33.3 Å². The number of urea groups is 3. The molecule has 18 aromatic rings. The summed E-state index contributed by atoms with van der Waals surface area (Å²) in [7, 11) is 4.98. The maximum absolute atomic E-state index is 13.5. The first-order chi connectivity index (χ1) is 67.5. The Hall–Kier alpha value is -15.0. The minimum atomic E-state index is -0.206. The van der Waals surface area contributed by atoms with Gasteiger partial charge in [0.15, 0.2) is 0 Å². The number of aromatic nitrogens is 5. The normalized spacial score (nSPS) is 16.2. The number of nitrogens with zero attached hydrogens (tertiary/aromatic N) is 3. The van der Waals surface area contributed by atoms with Crippen LogP contribution in [0.5, 0.6) is 23.0 Å². The van der Waals surface area contributed by atoms with Crippen molar-refractivity contribution in [2.45, 2.75) is 115 Å². The van der Waals surface area contributed by atoms with Gasteiger partial charge in [-0.25, -0.2) is 14.4 Å². The summed E-state index contributed by atoms with van der Waals surface area (Å²) in [6.07, 6.45) is 4.58. The van der Waals surface area contributed by atoms with Crippen LogP contribution in [-0.2, 0) is 38.7 Å². The molecular formula is C117H116BrN13O7. The number of methoxy groups -OCH3 is 3. The number of hydrogen-bond acceptors (Lipinski definition) is 9. The number of halogens is 1. The molecule has 5 unspecified atom stereocenters. The molecule has 6 amide bonds. The van der Waals surface area contributed by atoms with Gasteiger partial charge in [0.05, 0.1) is 51.5 Å². The molecule has 138 heavy (non-hydrogen) atoms.